The van der Waals surface area contributed by atoms with Crippen molar-refractivity contribution in [3.8, 4) is 0 Å². The molecule has 0 aromatic heterocycles. The van der Waals surface area contributed by atoms with Gasteiger partial charge in [-0.25, -0.2) is 0 Å². The van der Waals surface area contributed by atoms with Crippen LogP contribution in [0, 0.1) is 0 Å². The van der Waals surface area contributed by atoms with Gasteiger partial charge in [0.15, 0.2) is 11.7 Å². The summed E-state index contributed by atoms with van der Waals surface area (Å²) in [5, 5.41) is 21.8. The Morgan fingerprint density at radius 2 is 1.34 bits per heavy atom. The molecule has 0 unspecified atom stereocenters. The van der Waals surface area contributed by atoms with Crippen LogP contribution in [-0.4, -0.2) is 22.3 Å². The van der Waals surface area contributed by atoms with Crippen LogP contribution in [0.15, 0.2) is 104 Å². The number of hydrogen-bond donors (Lipinski definition) is 2. The lowest BCUT2D eigenvalue weighted by Gasteiger charge is -2.37. The summed E-state index contributed by atoms with van der Waals surface area (Å²) >= 11 is 0. The van der Waals surface area contributed by atoms with E-state index in [1.165, 1.54) is 6.08 Å². The van der Waals surface area contributed by atoms with Gasteiger partial charge in [-0.15, -0.1) is 6.58 Å². The number of aliphatic hydroxyl groups is 2. The minimum Gasteiger partial charge on any atom is -0.454 e. The summed E-state index contributed by atoms with van der Waals surface area (Å²) in [5.74, 6) is -0.628. The topological polar surface area (TPSA) is 66.8 Å². The van der Waals surface area contributed by atoms with Crippen molar-refractivity contribution in [3.05, 3.63) is 120 Å². The summed E-state index contributed by atoms with van der Waals surface area (Å²) in [6, 6.07) is 27.3. The summed E-state index contributed by atoms with van der Waals surface area (Å²) in [6.07, 6.45) is -0.996. The van der Waals surface area contributed by atoms with E-state index in [1.807, 2.05) is 54.6 Å². The molecule has 29 heavy (non-hydrogen) atoms. The highest BCUT2D eigenvalue weighted by Gasteiger charge is 2.44. The van der Waals surface area contributed by atoms with Crippen molar-refractivity contribution in [2.24, 2.45) is 0 Å². The monoisotopic (exact) mass is 388 g/mol. The van der Waals surface area contributed by atoms with E-state index in [0.29, 0.717) is 16.7 Å². The molecule has 0 bridgehead atoms. The Morgan fingerprint density at radius 1 is 0.897 bits per heavy atom. The van der Waals surface area contributed by atoms with Crippen LogP contribution in [0.25, 0.3) is 0 Å². The van der Waals surface area contributed by atoms with E-state index in [9.17, 15) is 15.0 Å². The number of rotatable bonds is 8. The molecule has 0 radical (unpaired) electrons. The Bertz CT molecular complexity index is 883. The first-order valence-electron chi connectivity index (χ1n) is 9.44. The molecule has 0 amide bonds. The van der Waals surface area contributed by atoms with Crippen molar-refractivity contribution >= 4 is 5.97 Å². The molecular formula is C25H24O4. The third-order valence-corrected chi connectivity index (χ3v) is 4.81. The zero-order valence-corrected chi connectivity index (χ0v) is 16.0. The van der Waals surface area contributed by atoms with Gasteiger partial charge in [0, 0.05) is 0 Å². The first kappa shape index (κ1) is 20.5. The molecule has 4 nitrogen and oxygen atoms in total. The zero-order chi connectivity index (χ0) is 20.7. The van der Waals surface area contributed by atoms with Gasteiger partial charge in [0.1, 0.15) is 0 Å². The second kappa shape index (κ2) is 9.32. The van der Waals surface area contributed by atoms with E-state index >= 15 is 0 Å². The van der Waals surface area contributed by atoms with Crippen LogP contribution in [0.4, 0.5) is 0 Å². The molecule has 0 aliphatic rings. The van der Waals surface area contributed by atoms with E-state index in [-0.39, 0.29) is 6.42 Å². The van der Waals surface area contributed by atoms with Gasteiger partial charge in [-0.05, 0) is 16.7 Å². The maximum absolute atomic E-state index is 12.6. The highest BCUT2D eigenvalue weighted by molar-refractivity contribution is 5.71. The van der Waals surface area contributed by atoms with Crippen molar-refractivity contribution in [1.29, 1.82) is 0 Å². The second-order valence-corrected chi connectivity index (χ2v) is 6.79. The fourth-order valence-corrected chi connectivity index (χ4v) is 3.31. The minimum atomic E-state index is -1.63. The highest BCUT2D eigenvalue weighted by atomic mass is 16.6. The molecule has 0 fully saturated rings. The van der Waals surface area contributed by atoms with Gasteiger partial charge < -0.3 is 14.9 Å². The molecule has 0 heterocycles. The lowest BCUT2D eigenvalue weighted by Crippen LogP contribution is -2.38. The molecule has 0 spiro atoms. The van der Waals surface area contributed by atoms with E-state index in [4.69, 9.17) is 4.74 Å². The number of carbonyl (C=O) groups excluding carboxylic acids is 1. The number of aliphatic hydroxyl groups excluding tert-OH is 1. The normalized spacial score (nSPS) is 13.3. The molecular weight excluding hydrogens is 364 g/mol. The third-order valence-electron chi connectivity index (χ3n) is 4.81. The standard InChI is InChI=1S/C25H24O4/c1-2-22(26)18-23(27)29-24(19-12-6-3-7-13-19)25(28,20-14-8-4-9-15-20)21-16-10-5-11-17-21/h2-17,22,24,26,28H,1,18H2/t22-,24+/m1/s1. The fourth-order valence-electron chi connectivity index (χ4n) is 3.31. The SMILES string of the molecule is C=C[C@@H](O)CC(=O)O[C@@H](c1ccccc1)C(O)(c1ccccc1)c1ccccc1. The van der Waals surface area contributed by atoms with Gasteiger partial charge >= 0.3 is 5.97 Å². The second-order valence-electron chi connectivity index (χ2n) is 6.79. The molecule has 3 aromatic rings. The Kier molecular flexibility index (Phi) is 6.60. The lowest BCUT2D eigenvalue weighted by molar-refractivity contribution is -0.165. The van der Waals surface area contributed by atoms with Gasteiger partial charge in [-0.1, -0.05) is 97.1 Å². The molecule has 0 saturated carbocycles. The average molecular weight is 388 g/mol. The highest BCUT2D eigenvalue weighted by Crippen LogP contribution is 2.43. The number of esters is 1. The molecule has 0 aliphatic heterocycles. The average Bonchev–Trinajstić information content (AvgIpc) is 2.78. The maximum Gasteiger partial charge on any atom is 0.309 e. The van der Waals surface area contributed by atoms with E-state index in [2.05, 4.69) is 6.58 Å². The number of benzene rings is 3. The number of ether oxygens (including phenoxy) is 1. The molecule has 4 heteroatoms. The molecule has 3 aromatic carbocycles. The largest absolute Gasteiger partial charge is 0.454 e. The number of carbonyl (C=O) groups is 1. The first-order valence-corrected chi connectivity index (χ1v) is 9.44. The predicted molar refractivity (Wildman–Crippen MR) is 112 cm³/mol. The molecule has 0 saturated heterocycles. The van der Waals surface area contributed by atoms with Crippen molar-refractivity contribution < 1.29 is 19.7 Å². The Labute approximate surface area is 170 Å². The van der Waals surface area contributed by atoms with Gasteiger partial charge in [0.25, 0.3) is 0 Å². The van der Waals surface area contributed by atoms with Crippen LogP contribution in [0.3, 0.4) is 0 Å². The van der Waals surface area contributed by atoms with Crippen LogP contribution in [-0.2, 0) is 15.1 Å². The summed E-state index contributed by atoms with van der Waals surface area (Å²) in [5.41, 5.74) is 0.206. The Morgan fingerprint density at radius 3 is 1.79 bits per heavy atom. The van der Waals surface area contributed by atoms with Gasteiger partial charge in [0.2, 0.25) is 0 Å². The summed E-state index contributed by atoms with van der Waals surface area (Å²) in [6.45, 7) is 3.49. The minimum absolute atomic E-state index is 0.244. The van der Waals surface area contributed by atoms with Crippen molar-refractivity contribution in [1.82, 2.24) is 0 Å². The van der Waals surface area contributed by atoms with Crippen LogP contribution < -0.4 is 0 Å². The molecule has 3 rings (SSSR count). The van der Waals surface area contributed by atoms with E-state index in [0.717, 1.165) is 0 Å². The summed E-state index contributed by atoms with van der Waals surface area (Å²) in [4.78, 5) is 12.6. The molecule has 2 N–H and O–H groups in total. The van der Waals surface area contributed by atoms with Gasteiger partial charge in [-0.3, -0.25) is 4.79 Å². The zero-order valence-electron chi connectivity index (χ0n) is 16.0. The van der Waals surface area contributed by atoms with Crippen molar-refractivity contribution in [2.45, 2.75) is 24.2 Å². The van der Waals surface area contributed by atoms with Crippen molar-refractivity contribution in [3.63, 3.8) is 0 Å². The van der Waals surface area contributed by atoms with Gasteiger partial charge in [0.05, 0.1) is 12.5 Å². The Hall–Kier alpha value is -3.21. The third kappa shape index (κ3) is 4.62. The Balaban J connectivity index is 2.13. The lowest BCUT2D eigenvalue weighted by atomic mass is 9.79. The number of hydrogen-bond acceptors (Lipinski definition) is 4. The summed E-state index contributed by atoms with van der Waals surface area (Å²) in [7, 11) is 0. The van der Waals surface area contributed by atoms with Crippen LogP contribution in [0.2, 0.25) is 0 Å². The van der Waals surface area contributed by atoms with E-state index in [1.54, 1.807) is 36.4 Å². The smallest absolute Gasteiger partial charge is 0.309 e. The van der Waals surface area contributed by atoms with Crippen LogP contribution >= 0.6 is 0 Å². The maximum atomic E-state index is 12.6. The van der Waals surface area contributed by atoms with Crippen LogP contribution in [0.1, 0.15) is 29.2 Å². The first-order chi connectivity index (χ1) is 14.1. The molecule has 0 aliphatic carbocycles. The molecule has 2 atom stereocenters. The quantitative estimate of drug-likeness (QED) is 0.450. The van der Waals surface area contributed by atoms with Crippen LogP contribution in [0.5, 0.6) is 0 Å². The van der Waals surface area contributed by atoms with Gasteiger partial charge in [-0.2, -0.15) is 0 Å². The predicted octanol–water partition coefficient (Wildman–Crippen LogP) is 4.14. The fraction of sp³-hybridized carbons (Fsp3) is 0.160. The van der Waals surface area contributed by atoms with E-state index < -0.39 is 23.8 Å². The van der Waals surface area contributed by atoms with Crippen molar-refractivity contribution in [2.75, 3.05) is 0 Å². The molecule has 148 valence electrons. The summed E-state index contributed by atoms with van der Waals surface area (Å²) < 4.78 is 5.79.